The zero-order chi connectivity index (χ0) is 11.7. The van der Waals surface area contributed by atoms with Crippen LogP contribution in [0, 0.1) is 23.4 Å². The van der Waals surface area contributed by atoms with Gasteiger partial charge in [-0.3, -0.25) is 4.79 Å². The molecule has 0 aliphatic heterocycles. The summed E-state index contributed by atoms with van der Waals surface area (Å²) >= 11 is 0. The Balaban J connectivity index is 2.09. The van der Waals surface area contributed by atoms with Crippen molar-refractivity contribution >= 4 is 5.78 Å². The van der Waals surface area contributed by atoms with Gasteiger partial charge in [-0.05, 0) is 24.5 Å². The largest absolute Gasteiger partial charge is 0.294 e. The van der Waals surface area contributed by atoms with Crippen molar-refractivity contribution in [3.63, 3.8) is 0 Å². The van der Waals surface area contributed by atoms with Crippen LogP contribution in [0.2, 0.25) is 0 Å². The van der Waals surface area contributed by atoms with Crippen LogP contribution < -0.4 is 0 Å². The van der Waals surface area contributed by atoms with Gasteiger partial charge in [0.25, 0.3) is 0 Å². The Labute approximate surface area is 91.3 Å². The van der Waals surface area contributed by atoms with E-state index in [1.54, 1.807) is 0 Å². The topological polar surface area (TPSA) is 17.1 Å². The van der Waals surface area contributed by atoms with Gasteiger partial charge in [-0.2, -0.15) is 0 Å². The Morgan fingerprint density at radius 3 is 2.25 bits per heavy atom. The molecule has 0 amide bonds. The summed E-state index contributed by atoms with van der Waals surface area (Å²) in [7, 11) is 0. The average molecular weight is 228 g/mol. The molecule has 0 aromatic heterocycles. The summed E-state index contributed by atoms with van der Waals surface area (Å²) in [5, 5.41) is 0. The summed E-state index contributed by atoms with van der Waals surface area (Å²) in [6.07, 6.45) is 3.27. The molecule has 0 heterocycles. The second-order valence-electron chi connectivity index (χ2n) is 4.16. The minimum atomic E-state index is -1.53. The maximum atomic E-state index is 12.8. The monoisotopic (exact) mass is 228 g/mol. The Bertz CT molecular complexity index is 401. The predicted octanol–water partition coefficient (Wildman–Crippen LogP) is 3.48. The molecule has 1 aromatic rings. The molecule has 2 rings (SSSR count). The highest BCUT2D eigenvalue weighted by molar-refractivity contribution is 5.96. The first kappa shape index (κ1) is 11.2. The minimum absolute atomic E-state index is 0.0861. The van der Waals surface area contributed by atoms with Crippen LogP contribution in [0.5, 0.6) is 0 Å². The highest BCUT2D eigenvalue weighted by Crippen LogP contribution is 2.33. The lowest BCUT2D eigenvalue weighted by Crippen LogP contribution is -2.03. The van der Waals surface area contributed by atoms with E-state index in [0.29, 0.717) is 5.92 Å². The molecule has 0 atom stereocenters. The first-order valence-electron chi connectivity index (χ1n) is 5.25. The van der Waals surface area contributed by atoms with Crippen LogP contribution in [-0.2, 0) is 0 Å². The fourth-order valence-corrected chi connectivity index (χ4v) is 1.60. The molecule has 1 aliphatic rings. The molecule has 0 spiro atoms. The fourth-order valence-electron chi connectivity index (χ4n) is 1.60. The van der Waals surface area contributed by atoms with Crippen LogP contribution in [-0.4, -0.2) is 5.78 Å². The molecule has 0 saturated heterocycles. The lowest BCUT2D eigenvalue weighted by atomic mass is 10.0. The van der Waals surface area contributed by atoms with Gasteiger partial charge in [0.2, 0.25) is 0 Å². The van der Waals surface area contributed by atoms with Crippen molar-refractivity contribution in [2.75, 3.05) is 0 Å². The van der Waals surface area contributed by atoms with E-state index >= 15 is 0 Å². The third kappa shape index (κ3) is 2.43. The van der Waals surface area contributed by atoms with Crippen molar-refractivity contribution in [2.24, 2.45) is 5.92 Å². The number of halogens is 3. The molecule has 4 heteroatoms. The van der Waals surface area contributed by atoms with E-state index in [1.165, 1.54) is 0 Å². The molecule has 1 saturated carbocycles. The lowest BCUT2D eigenvalue weighted by molar-refractivity contribution is 0.0977. The van der Waals surface area contributed by atoms with Crippen LogP contribution in [0.15, 0.2) is 12.1 Å². The van der Waals surface area contributed by atoms with E-state index in [9.17, 15) is 18.0 Å². The fraction of sp³-hybridized carbons (Fsp3) is 0.417. The first-order chi connectivity index (χ1) is 7.58. The van der Waals surface area contributed by atoms with Crippen molar-refractivity contribution in [2.45, 2.75) is 25.7 Å². The minimum Gasteiger partial charge on any atom is -0.294 e. The zero-order valence-electron chi connectivity index (χ0n) is 8.60. The van der Waals surface area contributed by atoms with Gasteiger partial charge in [0, 0.05) is 12.0 Å². The van der Waals surface area contributed by atoms with Gasteiger partial charge >= 0.3 is 0 Å². The maximum Gasteiger partial charge on any atom is 0.194 e. The number of rotatable bonds is 4. The number of hydrogen-bond donors (Lipinski definition) is 0. The number of carbonyl (C=O) groups is 1. The molecule has 0 unspecified atom stereocenters. The van der Waals surface area contributed by atoms with Gasteiger partial charge in [-0.15, -0.1) is 0 Å². The third-order valence-electron chi connectivity index (χ3n) is 2.78. The number of ketones is 1. The van der Waals surface area contributed by atoms with Gasteiger partial charge in [-0.25, -0.2) is 13.2 Å². The van der Waals surface area contributed by atoms with Gasteiger partial charge in [0.15, 0.2) is 23.2 Å². The van der Waals surface area contributed by atoms with E-state index in [0.717, 1.165) is 31.4 Å². The Morgan fingerprint density at radius 2 is 1.75 bits per heavy atom. The van der Waals surface area contributed by atoms with E-state index in [1.807, 2.05) is 0 Å². The standard InChI is InChI=1S/C12H11F3O/c13-9-5-8(6-10(14)12(9)15)11(16)4-3-7-1-2-7/h5-7H,1-4H2. The second-order valence-corrected chi connectivity index (χ2v) is 4.16. The van der Waals surface area contributed by atoms with Gasteiger partial charge in [0.1, 0.15) is 0 Å². The zero-order valence-corrected chi connectivity index (χ0v) is 8.60. The molecule has 0 bridgehead atoms. The molecule has 0 radical (unpaired) electrons. The van der Waals surface area contributed by atoms with Crippen molar-refractivity contribution in [1.82, 2.24) is 0 Å². The van der Waals surface area contributed by atoms with Crippen molar-refractivity contribution in [1.29, 1.82) is 0 Å². The van der Waals surface area contributed by atoms with Crippen LogP contribution >= 0.6 is 0 Å². The van der Waals surface area contributed by atoms with Gasteiger partial charge in [-0.1, -0.05) is 12.8 Å². The summed E-state index contributed by atoms with van der Waals surface area (Å²) in [5.41, 5.74) is -0.0861. The number of hydrogen-bond acceptors (Lipinski definition) is 1. The SMILES string of the molecule is O=C(CCC1CC1)c1cc(F)c(F)c(F)c1. The second kappa shape index (κ2) is 4.28. The van der Waals surface area contributed by atoms with Crippen molar-refractivity contribution in [3.05, 3.63) is 35.1 Å². The van der Waals surface area contributed by atoms with Crippen molar-refractivity contribution in [3.8, 4) is 0 Å². The van der Waals surface area contributed by atoms with Crippen LogP contribution in [0.3, 0.4) is 0 Å². The Kier molecular flexibility index (Phi) is 2.99. The first-order valence-corrected chi connectivity index (χ1v) is 5.25. The van der Waals surface area contributed by atoms with E-state index in [4.69, 9.17) is 0 Å². The number of carbonyl (C=O) groups excluding carboxylic acids is 1. The molecule has 1 fully saturated rings. The van der Waals surface area contributed by atoms with Crippen LogP contribution in [0.4, 0.5) is 13.2 Å². The Morgan fingerprint density at radius 1 is 1.19 bits per heavy atom. The van der Waals surface area contributed by atoms with E-state index in [2.05, 4.69) is 0 Å². The third-order valence-corrected chi connectivity index (χ3v) is 2.78. The summed E-state index contributed by atoms with van der Waals surface area (Å²) in [6.45, 7) is 0. The number of Topliss-reactive ketones (excluding diaryl/α,β-unsaturated/α-hetero) is 1. The van der Waals surface area contributed by atoms with Crippen molar-refractivity contribution < 1.29 is 18.0 Å². The summed E-state index contributed by atoms with van der Waals surface area (Å²) in [5.74, 6) is -3.90. The molecule has 16 heavy (non-hydrogen) atoms. The molecule has 86 valence electrons. The smallest absolute Gasteiger partial charge is 0.194 e. The normalized spacial score (nSPS) is 15.2. The molecule has 1 aliphatic carbocycles. The van der Waals surface area contributed by atoms with E-state index < -0.39 is 17.5 Å². The average Bonchev–Trinajstić information content (AvgIpc) is 3.05. The lowest BCUT2D eigenvalue weighted by Gasteiger charge is -2.02. The van der Waals surface area contributed by atoms with Crippen LogP contribution in [0.1, 0.15) is 36.0 Å². The highest BCUT2D eigenvalue weighted by atomic mass is 19.2. The predicted molar refractivity (Wildman–Crippen MR) is 52.6 cm³/mol. The quantitative estimate of drug-likeness (QED) is 0.569. The van der Waals surface area contributed by atoms with E-state index in [-0.39, 0.29) is 17.8 Å². The highest BCUT2D eigenvalue weighted by Gasteiger charge is 2.23. The summed E-state index contributed by atoms with van der Waals surface area (Å²) in [6, 6.07) is 1.52. The maximum absolute atomic E-state index is 12.8. The molecular formula is C12H11F3O. The van der Waals surface area contributed by atoms with Crippen LogP contribution in [0.25, 0.3) is 0 Å². The summed E-state index contributed by atoms with van der Waals surface area (Å²) in [4.78, 5) is 11.5. The molecule has 1 nitrogen and oxygen atoms in total. The molecule has 0 N–H and O–H groups in total. The summed E-state index contributed by atoms with van der Waals surface area (Å²) < 4.78 is 38.3. The Hall–Kier alpha value is -1.32. The van der Waals surface area contributed by atoms with Gasteiger partial charge in [0.05, 0.1) is 0 Å². The number of benzene rings is 1. The molecule has 1 aromatic carbocycles. The molecular weight excluding hydrogens is 217 g/mol. The van der Waals surface area contributed by atoms with Gasteiger partial charge < -0.3 is 0 Å².